The summed E-state index contributed by atoms with van der Waals surface area (Å²) in [6.45, 7) is 4.79. The average molecular weight is 380 g/mol. The molecular weight excluding hydrogens is 359 g/mol. The van der Waals surface area contributed by atoms with Crippen LogP contribution in [-0.4, -0.2) is 31.8 Å². The minimum absolute atomic E-state index is 0.241. The summed E-state index contributed by atoms with van der Waals surface area (Å²) in [4.78, 5) is 16.7. The molecule has 2 heterocycles. The zero-order valence-corrected chi connectivity index (χ0v) is 16.0. The second-order valence-electron chi connectivity index (χ2n) is 6.60. The lowest BCUT2D eigenvalue weighted by Crippen LogP contribution is -2.25. The molecule has 144 valence electrons. The fourth-order valence-corrected chi connectivity index (χ4v) is 3.03. The number of nitriles is 1. The highest BCUT2D eigenvalue weighted by atomic mass is 19.1. The van der Waals surface area contributed by atoms with E-state index in [0.29, 0.717) is 42.2 Å². The Hall–Kier alpha value is -3.47. The fourth-order valence-electron chi connectivity index (χ4n) is 3.03. The molecule has 0 atom stereocenters. The Labute approximate surface area is 162 Å². The van der Waals surface area contributed by atoms with Crippen LogP contribution in [0.1, 0.15) is 34.1 Å². The lowest BCUT2D eigenvalue weighted by molar-refractivity contribution is 0.0952. The lowest BCUT2D eigenvalue weighted by atomic mass is 10.0. The maximum atomic E-state index is 14.0. The van der Waals surface area contributed by atoms with Crippen molar-refractivity contribution in [3.05, 3.63) is 59.2 Å². The van der Waals surface area contributed by atoms with Gasteiger partial charge in [-0.15, -0.1) is 0 Å². The van der Waals surface area contributed by atoms with Gasteiger partial charge in [-0.1, -0.05) is 0 Å². The molecule has 3 aromatic rings. The Morgan fingerprint density at radius 3 is 2.68 bits per heavy atom. The summed E-state index contributed by atoms with van der Waals surface area (Å²) < 4.78 is 17.5. The van der Waals surface area contributed by atoms with Gasteiger partial charge >= 0.3 is 0 Å². The van der Waals surface area contributed by atoms with Crippen molar-refractivity contribution >= 4 is 5.91 Å². The third-order valence-corrected chi connectivity index (χ3v) is 4.41. The molecule has 0 saturated heterocycles. The first-order valence-electron chi connectivity index (χ1n) is 8.91. The summed E-state index contributed by atoms with van der Waals surface area (Å²) in [5, 5.41) is 16.2. The standard InChI is InChI=1S/C20H21FN6O/c1-13-24-14(2)27(25-13)6-4-5-23-20(28)16-7-15(8-18(21)9-16)17-10-19(11-22)26(3)12-17/h7-10,12H,4-6H2,1-3H3,(H,23,28). The van der Waals surface area contributed by atoms with Gasteiger partial charge in [0.25, 0.3) is 5.91 Å². The molecule has 0 unspecified atom stereocenters. The van der Waals surface area contributed by atoms with Gasteiger partial charge in [0.15, 0.2) is 0 Å². The molecule has 3 rings (SSSR count). The Balaban J connectivity index is 1.65. The van der Waals surface area contributed by atoms with E-state index in [0.717, 1.165) is 5.82 Å². The van der Waals surface area contributed by atoms with Gasteiger partial charge in [0, 0.05) is 37.5 Å². The highest BCUT2D eigenvalue weighted by Crippen LogP contribution is 2.24. The van der Waals surface area contributed by atoms with Gasteiger partial charge in [-0.05, 0) is 50.1 Å². The van der Waals surface area contributed by atoms with Crippen LogP contribution in [0.4, 0.5) is 4.39 Å². The van der Waals surface area contributed by atoms with Crippen LogP contribution in [0.2, 0.25) is 0 Å². The first-order valence-corrected chi connectivity index (χ1v) is 8.91. The van der Waals surface area contributed by atoms with E-state index in [-0.39, 0.29) is 11.5 Å². The number of carbonyl (C=O) groups is 1. The van der Waals surface area contributed by atoms with Crippen molar-refractivity contribution in [3.8, 4) is 17.2 Å². The number of rotatable bonds is 6. The van der Waals surface area contributed by atoms with Crippen LogP contribution in [0.15, 0.2) is 30.5 Å². The number of nitrogens with zero attached hydrogens (tertiary/aromatic N) is 5. The van der Waals surface area contributed by atoms with Crippen LogP contribution < -0.4 is 5.32 Å². The van der Waals surface area contributed by atoms with Gasteiger partial charge < -0.3 is 9.88 Å². The Kier molecular flexibility index (Phi) is 5.54. The molecule has 0 saturated carbocycles. The van der Waals surface area contributed by atoms with Crippen LogP contribution in [0.3, 0.4) is 0 Å². The summed E-state index contributed by atoms with van der Waals surface area (Å²) in [6, 6.07) is 7.92. The first-order chi connectivity index (χ1) is 13.4. The lowest BCUT2D eigenvalue weighted by Gasteiger charge is -2.08. The predicted molar refractivity (Wildman–Crippen MR) is 102 cm³/mol. The third-order valence-electron chi connectivity index (χ3n) is 4.41. The summed E-state index contributed by atoms with van der Waals surface area (Å²) in [6.07, 6.45) is 2.42. The zero-order valence-electron chi connectivity index (χ0n) is 16.0. The van der Waals surface area contributed by atoms with Gasteiger partial charge in [-0.3, -0.25) is 9.48 Å². The van der Waals surface area contributed by atoms with Crippen molar-refractivity contribution in [2.24, 2.45) is 7.05 Å². The Morgan fingerprint density at radius 1 is 1.25 bits per heavy atom. The van der Waals surface area contributed by atoms with Gasteiger partial charge in [0.2, 0.25) is 0 Å². The Bertz CT molecular complexity index is 1060. The Morgan fingerprint density at radius 2 is 2.04 bits per heavy atom. The van der Waals surface area contributed by atoms with Crippen molar-refractivity contribution in [3.63, 3.8) is 0 Å². The normalized spacial score (nSPS) is 10.7. The minimum atomic E-state index is -0.501. The van der Waals surface area contributed by atoms with Gasteiger partial charge in [0.1, 0.15) is 29.2 Å². The molecule has 1 amide bonds. The molecule has 28 heavy (non-hydrogen) atoms. The van der Waals surface area contributed by atoms with Crippen LogP contribution in [0.25, 0.3) is 11.1 Å². The number of carbonyl (C=O) groups excluding carboxylic acids is 1. The van der Waals surface area contributed by atoms with Gasteiger partial charge in [-0.2, -0.15) is 10.4 Å². The largest absolute Gasteiger partial charge is 0.352 e. The van der Waals surface area contributed by atoms with E-state index in [1.54, 1.807) is 34.6 Å². The number of benzene rings is 1. The molecule has 1 N–H and O–H groups in total. The molecule has 7 nitrogen and oxygen atoms in total. The van der Waals surface area contributed by atoms with E-state index in [4.69, 9.17) is 5.26 Å². The fraction of sp³-hybridized carbons (Fsp3) is 0.300. The molecule has 0 aliphatic rings. The maximum Gasteiger partial charge on any atom is 0.251 e. The van der Waals surface area contributed by atoms with Gasteiger partial charge in [-0.25, -0.2) is 9.37 Å². The van der Waals surface area contributed by atoms with Crippen LogP contribution in [0.5, 0.6) is 0 Å². The molecular formula is C20H21FN6O. The number of nitrogens with one attached hydrogen (secondary N) is 1. The average Bonchev–Trinajstić information content (AvgIpc) is 3.19. The van der Waals surface area contributed by atoms with E-state index < -0.39 is 5.82 Å². The summed E-state index contributed by atoms with van der Waals surface area (Å²) in [7, 11) is 1.74. The van der Waals surface area contributed by atoms with E-state index in [2.05, 4.69) is 21.5 Å². The molecule has 0 aliphatic carbocycles. The van der Waals surface area contributed by atoms with Crippen molar-refractivity contribution in [1.82, 2.24) is 24.6 Å². The highest BCUT2D eigenvalue weighted by Gasteiger charge is 2.12. The first kappa shape index (κ1) is 19.3. The number of aromatic nitrogens is 4. The molecule has 0 aliphatic heterocycles. The van der Waals surface area contributed by atoms with E-state index >= 15 is 0 Å². The molecule has 0 bridgehead atoms. The quantitative estimate of drug-likeness (QED) is 0.666. The summed E-state index contributed by atoms with van der Waals surface area (Å²) in [5.41, 5.74) is 1.94. The molecule has 8 heteroatoms. The summed E-state index contributed by atoms with van der Waals surface area (Å²) in [5.74, 6) is 0.704. The van der Waals surface area contributed by atoms with Crippen molar-refractivity contribution in [2.75, 3.05) is 6.54 Å². The third kappa shape index (κ3) is 4.26. The molecule has 2 aromatic heterocycles. The maximum absolute atomic E-state index is 14.0. The molecule has 0 fully saturated rings. The number of aryl methyl sites for hydroxylation is 4. The van der Waals surface area contributed by atoms with E-state index in [1.807, 2.05) is 13.8 Å². The van der Waals surface area contributed by atoms with Crippen molar-refractivity contribution in [2.45, 2.75) is 26.8 Å². The highest BCUT2D eigenvalue weighted by molar-refractivity contribution is 5.95. The monoisotopic (exact) mass is 380 g/mol. The van der Waals surface area contributed by atoms with E-state index in [1.165, 1.54) is 12.1 Å². The van der Waals surface area contributed by atoms with Crippen molar-refractivity contribution in [1.29, 1.82) is 5.26 Å². The second-order valence-corrected chi connectivity index (χ2v) is 6.60. The van der Waals surface area contributed by atoms with Crippen molar-refractivity contribution < 1.29 is 9.18 Å². The second kappa shape index (κ2) is 8.05. The smallest absolute Gasteiger partial charge is 0.251 e. The number of hydrogen-bond donors (Lipinski definition) is 1. The number of hydrogen-bond acceptors (Lipinski definition) is 4. The molecule has 0 spiro atoms. The number of halogens is 1. The van der Waals surface area contributed by atoms with Gasteiger partial charge in [0.05, 0.1) is 0 Å². The van der Waals surface area contributed by atoms with Crippen LogP contribution in [-0.2, 0) is 13.6 Å². The predicted octanol–water partition coefficient (Wildman–Crippen LogP) is 2.73. The number of amides is 1. The molecule has 0 radical (unpaired) electrons. The molecule has 1 aromatic carbocycles. The topological polar surface area (TPSA) is 88.5 Å². The zero-order chi connectivity index (χ0) is 20.3. The van der Waals surface area contributed by atoms with E-state index in [9.17, 15) is 9.18 Å². The van der Waals surface area contributed by atoms with Crippen LogP contribution in [0, 0.1) is 31.0 Å². The summed E-state index contributed by atoms with van der Waals surface area (Å²) >= 11 is 0. The van der Waals surface area contributed by atoms with Crippen LogP contribution >= 0.6 is 0 Å². The minimum Gasteiger partial charge on any atom is -0.352 e. The SMILES string of the molecule is Cc1nc(C)n(CCCNC(=O)c2cc(F)cc(-c3cc(C#N)n(C)c3)c2)n1.